The lowest BCUT2D eigenvalue weighted by Gasteiger charge is -2.17. The molecule has 1 N–H and O–H groups in total. The van der Waals surface area contributed by atoms with Crippen molar-refractivity contribution >= 4 is 23.2 Å². The average molecular weight is 360 g/mol. The average Bonchev–Trinajstić information content (AvgIpc) is 2.62. The van der Waals surface area contributed by atoms with E-state index in [1.165, 1.54) is 30.0 Å². The van der Waals surface area contributed by atoms with Gasteiger partial charge in [0.05, 0.1) is 24.1 Å². The Hall–Kier alpha value is -2.93. The van der Waals surface area contributed by atoms with Crippen molar-refractivity contribution < 1.29 is 14.6 Å². The van der Waals surface area contributed by atoms with Crippen molar-refractivity contribution in [3.63, 3.8) is 0 Å². The molecule has 0 bridgehead atoms. The van der Waals surface area contributed by atoms with Crippen molar-refractivity contribution in [2.75, 3.05) is 7.11 Å². The molecule has 0 aliphatic heterocycles. The zero-order chi connectivity index (χ0) is 18.0. The molecular formula is C17H14ClN3O4. The van der Waals surface area contributed by atoms with E-state index >= 15 is 0 Å². The van der Waals surface area contributed by atoms with Crippen LogP contribution in [0.15, 0.2) is 47.7 Å². The van der Waals surface area contributed by atoms with Gasteiger partial charge in [-0.1, -0.05) is 17.7 Å². The molecule has 128 valence electrons. The third kappa shape index (κ3) is 3.32. The van der Waals surface area contributed by atoms with E-state index in [0.717, 1.165) is 0 Å². The lowest BCUT2D eigenvalue weighted by molar-refractivity contribution is -0.140. The van der Waals surface area contributed by atoms with E-state index in [4.69, 9.17) is 16.3 Å². The molecule has 3 aromatic heterocycles. The summed E-state index contributed by atoms with van der Waals surface area (Å²) in [4.78, 5) is 32.8. The zero-order valence-electron chi connectivity index (χ0n) is 13.2. The molecule has 1 atom stereocenters. The normalized spacial score (nSPS) is 12.1. The molecule has 0 aliphatic rings. The molecule has 0 saturated heterocycles. The Morgan fingerprint density at radius 2 is 2.20 bits per heavy atom. The van der Waals surface area contributed by atoms with Gasteiger partial charge in [-0.3, -0.25) is 19.0 Å². The Morgan fingerprint density at radius 1 is 1.40 bits per heavy atom. The van der Waals surface area contributed by atoms with E-state index in [0.29, 0.717) is 10.6 Å². The van der Waals surface area contributed by atoms with Gasteiger partial charge in [-0.2, -0.15) is 4.98 Å². The van der Waals surface area contributed by atoms with E-state index in [1.54, 1.807) is 24.4 Å². The molecule has 8 heteroatoms. The summed E-state index contributed by atoms with van der Waals surface area (Å²) in [5.41, 5.74) is 0.309. The highest BCUT2D eigenvalue weighted by atomic mass is 35.5. The van der Waals surface area contributed by atoms with Gasteiger partial charge in [-0.05, 0) is 23.8 Å². The van der Waals surface area contributed by atoms with Gasteiger partial charge in [0.2, 0.25) is 5.88 Å². The minimum Gasteiger partial charge on any atom is -0.493 e. The Labute approximate surface area is 147 Å². The third-order valence-electron chi connectivity index (χ3n) is 3.84. The quantitative estimate of drug-likeness (QED) is 0.717. The summed E-state index contributed by atoms with van der Waals surface area (Å²) < 4.78 is 5.95. The number of aromatic nitrogens is 3. The maximum Gasteiger partial charge on any atom is 0.306 e. The minimum atomic E-state index is -0.753. The molecule has 3 aromatic rings. The van der Waals surface area contributed by atoms with Gasteiger partial charge >= 0.3 is 5.97 Å². The predicted molar refractivity (Wildman–Crippen MR) is 90.8 cm³/mol. The number of ether oxygens (including phenoxy) is 1. The highest BCUT2D eigenvalue weighted by Gasteiger charge is 2.27. The second-order valence-electron chi connectivity index (χ2n) is 5.35. The monoisotopic (exact) mass is 359 g/mol. The number of fused-ring (bicyclic) bond motifs is 1. The summed E-state index contributed by atoms with van der Waals surface area (Å²) in [6, 6.07) is 6.48. The number of aromatic hydroxyl groups is 1. The van der Waals surface area contributed by atoms with Crippen LogP contribution >= 0.6 is 11.6 Å². The van der Waals surface area contributed by atoms with Gasteiger partial charge in [0.15, 0.2) is 0 Å². The molecule has 0 aromatic carbocycles. The van der Waals surface area contributed by atoms with Crippen molar-refractivity contribution in [3.8, 4) is 5.88 Å². The fraction of sp³-hybridized carbons (Fsp3) is 0.176. The summed E-state index contributed by atoms with van der Waals surface area (Å²) in [6.45, 7) is 0. The molecule has 0 saturated carbocycles. The minimum absolute atomic E-state index is 0.0156. The lowest BCUT2D eigenvalue weighted by atomic mass is 9.90. The maximum atomic E-state index is 12.9. The first-order valence-corrected chi connectivity index (χ1v) is 7.76. The van der Waals surface area contributed by atoms with E-state index in [9.17, 15) is 14.7 Å². The first-order chi connectivity index (χ1) is 12.0. The number of carbonyl (C=O) groups excluding carboxylic acids is 1. The summed E-state index contributed by atoms with van der Waals surface area (Å²) in [5, 5.41) is 10.7. The van der Waals surface area contributed by atoms with Crippen molar-refractivity contribution in [2.45, 2.75) is 12.3 Å². The van der Waals surface area contributed by atoms with Crippen LogP contribution in [0.25, 0.3) is 5.65 Å². The van der Waals surface area contributed by atoms with E-state index in [-0.39, 0.29) is 17.6 Å². The second-order valence-corrected chi connectivity index (χ2v) is 5.79. The van der Waals surface area contributed by atoms with Gasteiger partial charge in [-0.25, -0.2) is 0 Å². The number of methoxy groups -OCH3 is 1. The lowest BCUT2D eigenvalue weighted by Crippen LogP contribution is -2.24. The van der Waals surface area contributed by atoms with Crippen LogP contribution < -0.4 is 5.56 Å². The Kier molecular flexibility index (Phi) is 4.67. The number of hydrogen-bond acceptors (Lipinski definition) is 6. The maximum absolute atomic E-state index is 12.9. The number of rotatable bonds is 4. The molecule has 0 fully saturated rings. The highest BCUT2D eigenvalue weighted by Crippen LogP contribution is 2.30. The van der Waals surface area contributed by atoms with Gasteiger partial charge in [-0.15, -0.1) is 0 Å². The molecule has 3 heterocycles. The molecule has 3 rings (SSSR count). The Bertz CT molecular complexity index is 988. The van der Waals surface area contributed by atoms with Crippen LogP contribution in [0.5, 0.6) is 5.88 Å². The van der Waals surface area contributed by atoms with Crippen LogP contribution in [0.4, 0.5) is 0 Å². The summed E-state index contributed by atoms with van der Waals surface area (Å²) in [6.07, 6.45) is 4.37. The fourth-order valence-electron chi connectivity index (χ4n) is 2.64. The number of carbonyl (C=O) groups is 1. The number of halogens is 1. The Balaban J connectivity index is 2.25. The van der Waals surface area contributed by atoms with Gasteiger partial charge in [0.1, 0.15) is 5.65 Å². The van der Waals surface area contributed by atoms with Crippen molar-refractivity contribution in [1.82, 2.24) is 14.4 Å². The standard InChI is InChI=1S/C17H14ClN3O4/c1-25-14(22)7-12(10-3-2-6-19-8-10)15-16(23)20-13-5-4-11(18)9-21(13)17(15)24/h2-6,8-9,12,23H,7H2,1H3. The number of esters is 1. The Morgan fingerprint density at radius 3 is 2.88 bits per heavy atom. The van der Waals surface area contributed by atoms with Gasteiger partial charge in [0, 0.05) is 24.5 Å². The van der Waals surface area contributed by atoms with Crippen molar-refractivity contribution in [1.29, 1.82) is 0 Å². The molecule has 0 spiro atoms. The van der Waals surface area contributed by atoms with Crippen molar-refractivity contribution in [3.05, 3.63) is 69.4 Å². The molecule has 0 amide bonds. The summed E-state index contributed by atoms with van der Waals surface area (Å²) in [7, 11) is 1.26. The van der Waals surface area contributed by atoms with Gasteiger partial charge in [0.25, 0.3) is 5.56 Å². The van der Waals surface area contributed by atoms with Crippen LogP contribution in [-0.2, 0) is 9.53 Å². The first-order valence-electron chi connectivity index (χ1n) is 7.38. The molecule has 0 aliphatic carbocycles. The predicted octanol–water partition coefficient (Wildman–Crippen LogP) is 2.14. The number of pyridine rings is 2. The third-order valence-corrected chi connectivity index (χ3v) is 4.06. The molecule has 0 radical (unpaired) electrons. The second kappa shape index (κ2) is 6.90. The van der Waals surface area contributed by atoms with Crippen LogP contribution in [-0.4, -0.2) is 32.6 Å². The van der Waals surface area contributed by atoms with Crippen LogP contribution in [0.1, 0.15) is 23.5 Å². The molecule has 25 heavy (non-hydrogen) atoms. The smallest absolute Gasteiger partial charge is 0.306 e. The van der Waals surface area contributed by atoms with Crippen molar-refractivity contribution in [2.24, 2.45) is 0 Å². The largest absolute Gasteiger partial charge is 0.493 e. The van der Waals surface area contributed by atoms with E-state index in [2.05, 4.69) is 9.97 Å². The van der Waals surface area contributed by atoms with Gasteiger partial charge < -0.3 is 9.84 Å². The van der Waals surface area contributed by atoms with Crippen LogP contribution in [0.3, 0.4) is 0 Å². The summed E-state index contributed by atoms with van der Waals surface area (Å²) in [5.74, 6) is -1.72. The molecule has 1 unspecified atom stereocenters. The molecular weight excluding hydrogens is 346 g/mol. The van der Waals surface area contributed by atoms with Crippen LogP contribution in [0.2, 0.25) is 5.02 Å². The molecule has 7 nitrogen and oxygen atoms in total. The topological polar surface area (TPSA) is 93.8 Å². The first kappa shape index (κ1) is 16.9. The van der Waals surface area contributed by atoms with Crippen LogP contribution in [0, 0.1) is 0 Å². The fourth-order valence-corrected chi connectivity index (χ4v) is 2.80. The SMILES string of the molecule is COC(=O)CC(c1cccnc1)c1c(O)nc2ccc(Cl)cn2c1=O. The number of nitrogens with zero attached hydrogens (tertiary/aromatic N) is 3. The highest BCUT2D eigenvalue weighted by molar-refractivity contribution is 6.30. The number of hydrogen-bond donors (Lipinski definition) is 1. The summed E-state index contributed by atoms with van der Waals surface area (Å²) >= 11 is 5.95. The van der Waals surface area contributed by atoms with E-state index < -0.39 is 23.3 Å². The van der Waals surface area contributed by atoms with E-state index in [1.807, 2.05) is 0 Å². The zero-order valence-corrected chi connectivity index (χ0v) is 14.0.